The SMILES string of the molecule is O=C(NCc1ncccc1F)c1cnc(CCI)s1. The molecule has 0 radical (unpaired) electrons. The van der Waals surface area contributed by atoms with Crippen LogP contribution in [0, 0.1) is 5.82 Å². The van der Waals surface area contributed by atoms with Gasteiger partial charge in [0.25, 0.3) is 5.91 Å². The van der Waals surface area contributed by atoms with Crippen LogP contribution in [0.3, 0.4) is 0 Å². The van der Waals surface area contributed by atoms with Crippen LogP contribution in [0.4, 0.5) is 4.39 Å². The van der Waals surface area contributed by atoms with Crippen molar-refractivity contribution in [3.05, 3.63) is 45.9 Å². The number of rotatable bonds is 5. The number of thiazole rings is 1. The van der Waals surface area contributed by atoms with Gasteiger partial charge in [-0.3, -0.25) is 9.78 Å². The van der Waals surface area contributed by atoms with Gasteiger partial charge in [0.05, 0.1) is 23.4 Å². The van der Waals surface area contributed by atoms with E-state index >= 15 is 0 Å². The van der Waals surface area contributed by atoms with Gasteiger partial charge >= 0.3 is 0 Å². The fourth-order valence-corrected chi connectivity index (χ4v) is 3.12. The van der Waals surface area contributed by atoms with Crippen LogP contribution < -0.4 is 5.32 Å². The second-order valence-electron chi connectivity index (χ2n) is 3.67. The van der Waals surface area contributed by atoms with Crippen LogP contribution >= 0.6 is 33.9 Å². The third kappa shape index (κ3) is 3.93. The van der Waals surface area contributed by atoms with Crippen molar-refractivity contribution in [2.45, 2.75) is 13.0 Å². The van der Waals surface area contributed by atoms with Crippen LogP contribution in [-0.2, 0) is 13.0 Å². The van der Waals surface area contributed by atoms with Crippen LogP contribution in [-0.4, -0.2) is 20.3 Å². The average molecular weight is 391 g/mol. The molecule has 0 aromatic carbocycles. The fourth-order valence-electron chi connectivity index (χ4n) is 1.41. The van der Waals surface area contributed by atoms with E-state index in [1.807, 2.05) is 0 Å². The largest absolute Gasteiger partial charge is 0.346 e. The van der Waals surface area contributed by atoms with Crippen molar-refractivity contribution in [3.63, 3.8) is 0 Å². The summed E-state index contributed by atoms with van der Waals surface area (Å²) in [5.74, 6) is -0.667. The molecule has 2 aromatic rings. The molecule has 19 heavy (non-hydrogen) atoms. The molecule has 1 N–H and O–H groups in total. The highest BCUT2D eigenvalue weighted by Crippen LogP contribution is 2.14. The Morgan fingerprint density at radius 1 is 1.47 bits per heavy atom. The minimum absolute atomic E-state index is 0.0744. The molecule has 0 spiro atoms. The van der Waals surface area contributed by atoms with Crippen molar-refractivity contribution < 1.29 is 9.18 Å². The molecule has 0 aliphatic heterocycles. The molecule has 0 atom stereocenters. The van der Waals surface area contributed by atoms with Crippen molar-refractivity contribution in [2.24, 2.45) is 0 Å². The molecule has 7 heteroatoms. The van der Waals surface area contributed by atoms with E-state index in [1.165, 1.54) is 29.7 Å². The van der Waals surface area contributed by atoms with Crippen LogP contribution in [0.5, 0.6) is 0 Å². The van der Waals surface area contributed by atoms with E-state index in [-0.39, 0.29) is 18.1 Å². The zero-order valence-corrected chi connectivity index (χ0v) is 12.9. The summed E-state index contributed by atoms with van der Waals surface area (Å²) in [6.45, 7) is 0.0744. The van der Waals surface area contributed by atoms with Gasteiger partial charge < -0.3 is 5.32 Å². The number of aryl methyl sites for hydroxylation is 1. The van der Waals surface area contributed by atoms with Gasteiger partial charge in [-0.1, -0.05) is 22.6 Å². The molecule has 100 valence electrons. The summed E-state index contributed by atoms with van der Waals surface area (Å²) in [6, 6.07) is 2.83. The average Bonchev–Trinajstić information content (AvgIpc) is 2.87. The first-order chi connectivity index (χ1) is 9.20. The lowest BCUT2D eigenvalue weighted by Gasteiger charge is -2.03. The van der Waals surface area contributed by atoms with E-state index in [4.69, 9.17) is 0 Å². The van der Waals surface area contributed by atoms with Gasteiger partial charge in [0, 0.05) is 17.0 Å². The quantitative estimate of drug-likeness (QED) is 0.630. The second kappa shape index (κ2) is 6.90. The van der Waals surface area contributed by atoms with Gasteiger partial charge in [-0.2, -0.15) is 0 Å². The van der Waals surface area contributed by atoms with Gasteiger partial charge in [-0.05, 0) is 12.1 Å². The Bertz CT molecular complexity index is 576. The summed E-state index contributed by atoms with van der Waals surface area (Å²) in [5, 5.41) is 3.57. The maximum Gasteiger partial charge on any atom is 0.263 e. The minimum Gasteiger partial charge on any atom is -0.346 e. The predicted octanol–water partition coefficient (Wildman–Crippen LogP) is 2.58. The molecule has 0 fully saturated rings. The summed E-state index contributed by atoms with van der Waals surface area (Å²) >= 11 is 3.62. The van der Waals surface area contributed by atoms with E-state index in [0.717, 1.165) is 15.9 Å². The molecule has 1 amide bonds. The fraction of sp³-hybridized carbons (Fsp3) is 0.250. The Morgan fingerprint density at radius 3 is 3.05 bits per heavy atom. The summed E-state index contributed by atoms with van der Waals surface area (Å²) in [5.41, 5.74) is 0.229. The Labute approximate surface area is 127 Å². The van der Waals surface area contributed by atoms with Gasteiger partial charge in [0.15, 0.2) is 0 Å². The Morgan fingerprint density at radius 2 is 2.32 bits per heavy atom. The first-order valence-corrected chi connectivity index (χ1v) is 7.93. The zero-order valence-electron chi connectivity index (χ0n) is 9.90. The van der Waals surface area contributed by atoms with Crippen molar-refractivity contribution in [1.29, 1.82) is 0 Å². The van der Waals surface area contributed by atoms with Gasteiger partial charge in [0.2, 0.25) is 0 Å². The van der Waals surface area contributed by atoms with E-state index in [0.29, 0.717) is 4.88 Å². The Kier molecular flexibility index (Phi) is 5.20. The summed E-state index contributed by atoms with van der Waals surface area (Å²) in [6.07, 6.45) is 3.90. The Balaban J connectivity index is 1.95. The molecule has 0 bridgehead atoms. The smallest absolute Gasteiger partial charge is 0.263 e. The Hall–Kier alpha value is -1.09. The number of hydrogen-bond donors (Lipinski definition) is 1. The molecule has 2 rings (SSSR count). The monoisotopic (exact) mass is 391 g/mol. The van der Waals surface area contributed by atoms with E-state index in [2.05, 4.69) is 37.9 Å². The number of carbonyl (C=O) groups excluding carboxylic acids is 1. The molecular formula is C12H11FIN3OS. The van der Waals surface area contributed by atoms with E-state index in [1.54, 1.807) is 6.20 Å². The molecule has 0 unspecified atom stereocenters. The number of halogens is 2. The molecule has 2 heterocycles. The highest BCUT2D eigenvalue weighted by Gasteiger charge is 2.11. The normalized spacial score (nSPS) is 10.4. The number of alkyl halides is 1. The standard InChI is InChI=1S/C12H11FIN3OS/c13-8-2-1-5-15-9(8)6-17-12(18)10-7-16-11(19-10)3-4-14/h1-2,5,7H,3-4,6H2,(H,17,18). The number of nitrogens with zero attached hydrogens (tertiary/aromatic N) is 2. The summed E-state index contributed by atoms with van der Waals surface area (Å²) < 4.78 is 14.3. The first kappa shape index (κ1) is 14.3. The molecule has 0 saturated carbocycles. The van der Waals surface area contributed by atoms with Crippen molar-refractivity contribution >= 4 is 39.8 Å². The lowest BCUT2D eigenvalue weighted by Crippen LogP contribution is -2.23. The van der Waals surface area contributed by atoms with Crippen LogP contribution in [0.25, 0.3) is 0 Å². The van der Waals surface area contributed by atoms with Crippen molar-refractivity contribution in [2.75, 3.05) is 4.43 Å². The highest BCUT2D eigenvalue weighted by atomic mass is 127. The van der Waals surface area contributed by atoms with Gasteiger partial charge in [-0.15, -0.1) is 11.3 Å². The summed E-state index contributed by atoms with van der Waals surface area (Å²) in [4.78, 5) is 20.4. The molecule has 0 aliphatic rings. The first-order valence-electron chi connectivity index (χ1n) is 5.59. The minimum atomic E-state index is -0.419. The van der Waals surface area contributed by atoms with E-state index in [9.17, 15) is 9.18 Å². The number of amides is 1. The van der Waals surface area contributed by atoms with Crippen molar-refractivity contribution in [1.82, 2.24) is 15.3 Å². The number of nitrogens with one attached hydrogen (secondary N) is 1. The lowest BCUT2D eigenvalue weighted by atomic mass is 10.3. The number of carbonyl (C=O) groups is 1. The molecule has 0 aliphatic carbocycles. The molecule has 2 aromatic heterocycles. The third-order valence-corrected chi connectivity index (χ3v) is 3.93. The second-order valence-corrected chi connectivity index (χ2v) is 5.87. The maximum absolute atomic E-state index is 13.3. The molecular weight excluding hydrogens is 380 g/mol. The zero-order chi connectivity index (χ0) is 13.7. The van der Waals surface area contributed by atoms with Crippen LogP contribution in [0.15, 0.2) is 24.5 Å². The molecule has 0 saturated heterocycles. The number of hydrogen-bond acceptors (Lipinski definition) is 4. The third-order valence-electron chi connectivity index (χ3n) is 2.34. The topological polar surface area (TPSA) is 54.9 Å². The van der Waals surface area contributed by atoms with Crippen molar-refractivity contribution in [3.8, 4) is 0 Å². The maximum atomic E-state index is 13.3. The van der Waals surface area contributed by atoms with Crippen LogP contribution in [0.2, 0.25) is 0 Å². The summed E-state index contributed by atoms with van der Waals surface area (Å²) in [7, 11) is 0. The van der Waals surface area contributed by atoms with Crippen LogP contribution in [0.1, 0.15) is 20.4 Å². The number of pyridine rings is 1. The van der Waals surface area contributed by atoms with E-state index < -0.39 is 5.82 Å². The molecule has 4 nitrogen and oxygen atoms in total. The van der Waals surface area contributed by atoms with Gasteiger partial charge in [-0.25, -0.2) is 9.37 Å². The number of aromatic nitrogens is 2. The lowest BCUT2D eigenvalue weighted by molar-refractivity contribution is 0.0954. The predicted molar refractivity (Wildman–Crippen MR) is 80.1 cm³/mol. The van der Waals surface area contributed by atoms with Gasteiger partial charge in [0.1, 0.15) is 10.7 Å². The highest BCUT2D eigenvalue weighted by molar-refractivity contribution is 14.1.